The van der Waals surface area contributed by atoms with Crippen LogP contribution in [0.25, 0.3) is 0 Å². The number of hydrogen-bond acceptors (Lipinski definition) is 3. The van der Waals surface area contributed by atoms with Gasteiger partial charge in [0, 0.05) is 13.1 Å². The minimum atomic E-state index is 0.462. The zero-order valence-corrected chi connectivity index (χ0v) is 13.6. The molecule has 0 aliphatic carbocycles. The average Bonchev–Trinajstić information content (AvgIpc) is 2.89. The fourth-order valence-electron chi connectivity index (χ4n) is 3.66. The van der Waals surface area contributed by atoms with Gasteiger partial charge in [0.1, 0.15) is 0 Å². The van der Waals surface area contributed by atoms with Crippen molar-refractivity contribution in [1.29, 1.82) is 0 Å². The van der Waals surface area contributed by atoms with E-state index in [1.807, 2.05) is 0 Å². The molecule has 2 unspecified atom stereocenters. The number of nitrogens with zero attached hydrogens (tertiary/aromatic N) is 1. The van der Waals surface area contributed by atoms with Crippen LogP contribution in [-0.2, 0) is 4.74 Å². The van der Waals surface area contributed by atoms with Crippen LogP contribution in [0.4, 0.5) is 0 Å². The van der Waals surface area contributed by atoms with E-state index in [9.17, 15) is 0 Å². The van der Waals surface area contributed by atoms with Crippen LogP contribution in [0.2, 0.25) is 0 Å². The summed E-state index contributed by atoms with van der Waals surface area (Å²) in [7, 11) is 0. The fourth-order valence-corrected chi connectivity index (χ4v) is 3.66. The summed E-state index contributed by atoms with van der Waals surface area (Å²) < 4.78 is 6.18. The number of likely N-dealkylation sites (tertiary alicyclic amines) is 1. The molecule has 2 atom stereocenters. The van der Waals surface area contributed by atoms with Crippen molar-refractivity contribution in [3.8, 4) is 0 Å². The minimum Gasteiger partial charge on any atom is -0.372 e. The van der Waals surface area contributed by atoms with Crippen LogP contribution in [0, 0.1) is 5.92 Å². The largest absolute Gasteiger partial charge is 0.372 e. The van der Waals surface area contributed by atoms with E-state index in [0.717, 1.165) is 19.0 Å². The van der Waals surface area contributed by atoms with Crippen LogP contribution >= 0.6 is 0 Å². The van der Waals surface area contributed by atoms with E-state index in [-0.39, 0.29) is 0 Å². The Morgan fingerprint density at radius 3 is 2.45 bits per heavy atom. The van der Waals surface area contributed by atoms with Gasteiger partial charge < -0.3 is 15.0 Å². The summed E-state index contributed by atoms with van der Waals surface area (Å²) in [6, 6.07) is 0. The lowest BCUT2D eigenvalue weighted by Gasteiger charge is -2.33. The first kappa shape index (κ1) is 16.3. The number of ether oxygens (including phenoxy) is 1. The monoisotopic (exact) mass is 282 g/mol. The van der Waals surface area contributed by atoms with Crippen LogP contribution in [0.5, 0.6) is 0 Å². The molecular formula is C17H34N2O. The van der Waals surface area contributed by atoms with E-state index in [2.05, 4.69) is 24.1 Å². The predicted molar refractivity (Wildman–Crippen MR) is 85.1 cm³/mol. The third-order valence-corrected chi connectivity index (χ3v) is 4.86. The molecular weight excluding hydrogens is 248 g/mol. The molecule has 3 heteroatoms. The first-order chi connectivity index (χ1) is 9.81. The van der Waals surface area contributed by atoms with Crippen LogP contribution in [-0.4, -0.2) is 49.8 Å². The summed E-state index contributed by atoms with van der Waals surface area (Å²) in [5.74, 6) is 0.992. The topological polar surface area (TPSA) is 24.5 Å². The second-order valence-corrected chi connectivity index (χ2v) is 6.69. The quantitative estimate of drug-likeness (QED) is 0.693. The average molecular weight is 282 g/mol. The highest BCUT2D eigenvalue weighted by Crippen LogP contribution is 2.25. The van der Waals surface area contributed by atoms with Crippen molar-refractivity contribution >= 4 is 0 Å². The third-order valence-electron chi connectivity index (χ3n) is 4.86. The van der Waals surface area contributed by atoms with Gasteiger partial charge in [0.25, 0.3) is 0 Å². The van der Waals surface area contributed by atoms with E-state index in [1.165, 1.54) is 64.6 Å². The normalized spacial score (nSPS) is 29.1. The molecule has 20 heavy (non-hydrogen) atoms. The molecule has 2 rings (SSSR count). The Labute approximate surface area is 125 Å². The SMILES string of the molecule is CCCNCC1CCC(CN2CCC(CCC)CC2)O1. The molecule has 0 radical (unpaired) electrons. The maximum Gasteiger partial charge on any atom is 0.0707 e. The Morgan fingerprint density at radius 2 is 1.75 bits per heavy atom. The van der Waals surface area contributed by atoms with Gasteiger partial charge in [-0.05, 0) is 57.7 Å². The van der Waals surface area contributed by atoms with Crippen LogP contribution in [0.1, 0.15) is 58.8 Å². The second kappa shape index (κ2) is 9.01. The van der Waals surface area contributed by atoms with Crippen molar-refractivity contribution < 1.29 is 4.74 Å². The van der Waals surface area contributed by atoms with E-state index < -0.39 is 0 Å². The zero-order chi connectivity index (χ0) is 14.2. The third kappa shape index (κ3) is 5.34. The Hall–Kier alpha value is -0.120. The molecule has 0 saturated carbocycles. The predicted octanol–water partition coefficient (Wildman–Crippen LogP) is 3.05. The molecule has 0 bridgehead atoms. The van der Waals surface area contributed by atoms with Gasteiger partial charge in [-0.1, -0.05) is 26.7 Å². The molecule has 2 saturated heterocycles. The van der Waals surface area contributed by atoms with Crippen LogP contribution in [0.15, 0.2) is 0 Å². The molecule has 2 aliphatic heterocycles. The van der Waals surface area contributed by atoms with E-state index >= 15 is 0 Å². The van der Waals surface area contributed by atoms with Crippen LogP contribution < -0.4 is 5.32 Å². The molecule has 2 fully saturated rings. The van der Waals surface area contributed by atoms with Gasteiger partial charge in [-0.2, -0.15) is 0 Å². The van der Waals surface area contributed by atoms with Gasteiger partial charge >= 0.3 is 0 Å². The Balaban J connectivity index is 1.58. The van der Waals surface area contributed by atoms with Crippen molar-refractivity contribution in [3.05, 3.63) is 0 Å². The van der Waals surface area contributed by atoms with Crippen molar-refractivity contribution in [2.75, 3.05) is 32.7 Å². The molecule has 118 valence electrons. The van der Waals surface area contributed by atoms with Crippen LogP contribution in [0.3, 0.4) is 0 Å². The van der Waals surface area contributed by atoms with Gasteiger partial charge in [0.05, 0.1) is 12.2 Å². The van der Waals surface area contributed by atoms with Gasteiger partial charge in [0.2, 0.25) is 0 Å². The summed E-state index contributed by atoms with van der Waals surface area (Å²) in [6.07, 6.45) is 10.3. The molecule has 2 aliphatic rings. The highest BCUT2D eigenvalue weighted by molar-refractivity contribution is 4.80. The standard InChI is InChI=1S/C17H34N2O/c1-3-5-15-8-11-19(12-9-15)14-17-7-6-16(20-17)13-18-10-4-2/h15-18H,3-14H2,1-2H3. The highest BCUT2D eigenvalue weighted by atomic mass is 16.5. The van der Waals surface area contributed by atoms with Crippen molar-refractivity contribution in [2.24, 2.45) is 5.92 Å². The zero-order valence-electron chi connectivity index (χ0n) is 13.6. The van der Waals surface area contributed by atoms with Gasteiger partial charge in [0.15, 0.2) is 0 Å². The summed E-state index contributed by atoms with van der Waals surface area (Å²) in [5, 5.41) is 3.48. The second-order valence-electron chi connectivity index (χ2n) is 6.69. The van der Waals surface area contributed by atoms with E-state index in [4.69, 9.17) is 4.74 Å². The first-order valence-corrected chi connectivity index (χ1v) is 8.90. The summed E-state index contributed by atoms with van der Waals surface area (Å²) in [5.41, 5.74) is 0. The molecule has 2 heterocycles. The number of piperidine rings is 1. The Kier molecular flexibility index (Phi) is 7.32. The molecule has 0 amide bonds. The maximum atomic E-state index is 6.18. The molecule has 3 nitrogen and oxygen atoms in total. The minimum absolute atomic E-state index is 0.462. The molecule has 0 spiro atoms. The number of nitrogens with one attached hydrogen (secondary N) is 1. The smallest absolute Gasteiger partial charge is 0.0707 e. The summed E-state index contributed by atoms with van der Waals surface area (Å²) >= 11 is 0. The number of rotatable bonds is 8. The van der Waals surface area contributed by atoms with Gasteiger partial charge in [-0.3, -0.25) is 0 Å². The summed E-state index contributed by atoms with van der Waals surface area (Å²) in [6.45, 7) is 10.5. The fraction of sp³-hybridized carbons (Fsp3) is 1.00. The lowest BCUT2D eigenvalue weighted by Crippen LogP contribution is -2.39. The van der Waals surface area contributed by atoms with Crippen molar-refractivity contribution in [2.45, 2.75) is 71.0 Å². The maximum absolute atomic E-state index is 6.18. The van der Waals surface area contributed by atoms with Crippen molar-refractivity contribution in [3.63, 3.8) is 0 Å². The Bertz CT molecular complexity index is 251. The van der Waals surface area contributed by atoms with Gasteiger partial charge in [-0.25, -0.2) is 0 Å². The molecule has 0 aromatic carbocycles. The molecule has 0 aromatic rings. The number of hydrogen-bond donors (Lipinski definition) is 1. The lowest BCUT2D eigenvalue weighted by molar-refractivity contribution is 0.0164. The highest BCUT2D eigenvalue weighted by Gasteiger charge is 2.28. The summed E-state index contributed by atoms with van der Waals surface area (Å²) in [4.78, 5) is 2.64. The first-order valence-electron chi connectivity index (χ1n) is 8.90. The molecule has 1 N–H and O–H groups in total. The Morgan fingerprint density at radius 1 is 1.00 bits per heavy atom. The van der Waals surface area contributed by atoms with E-state index in [0.29, 0.717) is 12.2 Å². The molecule has 0 aromatic heterocycles. The van der Waals surface area contributed by atoms with E-state index in [1.54, 1.807) is 0 Å². The van der Waals surface area contributed by atoms with Gasteiger partial charge in [-0.15, -0.1) is 0 Å². The van der Waals surface area contributed by atoms with Crippen molar-refractivity contribution in [1.82, 2.24) is 10.2 Å². The lowest BCUT2D eigenvalue weighted by atomic mass is 9.92.